The van der Waals surface area contributed by atoms with E-state index in [-0.39, 0.29) is 33.9 Å². The molecule has 0 atom stereocenters. The second-order valence-electron chi connectivity index (χ2n) is 6.49. The minimum Gasteiger partial charge on any atom is -0.469 e. The van der Waals surface area contributed by atoms with Crippen LogP contribution in [0, 0.1) is 10.1 Å². The fraction of sp³-hybridized carbons (Fsp3) is 0.350. The number of methoxy groups -OCH3 is 1. The van der Waals surface area contributed by atoms with E-state index in [1.165, 1.54) is 25.3 Å². The van der Waals surface area contributed by atoms with Gasteiger partial charge in [-0.15, -0.1) is 0 Å². The predicted octanol–water partition coefficient (Wildman–Crippen LogP) is 6.20. The average Bonchev–Trinajstić information content (AvgIpc) is 2.71. The molecule has 0 amide bonds. The van der Waals surface area contributed by atoms with Gasteiger partial charge in [0.05, 0.1) is 22.6 Å². The molecule has 0 saturated heterocycles. The van der Waals surface area contributed by atoms with E-state index < -0.39 is 16.7 Å². The van der Waals surface area contributed by atoms with Crippen LogP contribution in [0.1, 0.15) is 31.2 Å². The number of nitro benzene ring substituents is 1. The third kappa shape index (κ3) is 7.32. The first-order chi connectivity index (χ1) is 14.6. The fourth-order valence-corrected chi connectivity index (χ4v) is 2.88. The van der Waals surface area contributed by atoms with E-state index >= 15 is 0 Å². The Kier molecular flexibility index (Phi) is 8.49. The smallest absolute Gasteiger partial charge is 0.416 e. The Morgan fingerprint density at radius 1 is 1.16 bits per heavy atom. The molecule has 1 N–H and O–H groups in total. The zero-order chi connectivity index (χ0) is 23.0. The highest BCUT2D eigenvalue weighted by atomic mass is 35.5. The van der Waals surface area contributed by atoms with Crippen LogP contribution in [0.5, 0.6) is 11.5 Å². The molecule has 2 aromatic rings. The second kappa shape index (κ2) is 10.9. The number of alkyl halides is 3. The maximum Gasteiger partial charge on any atom is 0.416 e. The topological polar surface area (TPSA) is 90.7 Å². The summed E-state index contributed by atoms with van der Waals surface area (Å²) in [5.74, 6) is -0.145. The van der Waals surface area contributed by atoms with E-state index in [0.29, 0.717) is 32.2 Å². The molecule has 11 heteroatoms. The van der Waals surface area contributed by atoms with Gasteiger partial charge in [0.2, 0.25) is 0 Å². The minimum atomic E-state index is -4.54. The molecule has 0 bridgehead atoms. The normalized spacial score (nSPS) is 11.1. The summed E-state index contributed by atoms with van der Waals surface area (Å²) in [6.07, 6.45) is -2.24. The molecule has 31 heavy (non-hydrogen) atoms. The van der Waals surface area contributed by atoms with E-state index in [2.05, 4.69) is 10.1 Å². The lowest BCUT2D eigenvalue weighted by Crippen LogP contribution is -2.06. The number of anilines is 1. The molecular weight excluding hydrogens is 441 g/mol. The molecule has 0 unspecified atom stereocenters. The quantitative estimate of drug-likeness (QED) is 0.196. The van der Waals surface area contributed by atoms with Gasteiger partial charge >= 0.3 is 12.1 Å². The van der Waals surface area contributed by atoms with Gasteiger partial charge in [-0.3, -0.25) is 14.9 Å². The van der Waals surface area contributed by atoms with Crippen LogP contribution in [0.25, 0.3) is 0 Å². The van der Waals surface area contributed by atoms with Crippen LogP contribution in [0.15, 0.2) is 36.4 Å². The third-order valence-corrected chi connectivity index (χ3v) is 4.55. The van der Waals surface area contributed by atoms with Crippen LogP contribution in [-0.4, -0.2) is 24.5 Å². The van der Waals surface area contributed by atoms with E-state index in [9.17, 15) is 28.1 Å². The van der Waals surface area contributed by atoms with Crippen molar-refractivity contribution in [3.05, 3.63) is 57.1 Å². The maximum atomic E-state index is 12.8. The zero-order valence-electron chi connectivity index (χ0n) is 16.5. The Morgan fingerprint density at radius 3 is 2.52 bits per heavy atom. The number of benzene rings is 2. The minimum absolute atomic E-state index is 0.0164. The molecule has 0 heterocycles. The largest absolute Gasteiger partial charge is 0.469 e. The molecule has 0 radical (unpaired) electrons. The number of hydrogen-bond acceptors (Lipinski definition) is 6. The van der Waals surface area contributed by atoms with Gasteiger partial charge in [-0.1, -0.05) is 18.0 Å². The van der Waals surface area contributed by atoms with Gasteiger partial charge in [0.25, 0.3) is 5.69 Å². The Morgan fingerprint density at radius 2 is 1.90 bits per heavy atom. The van der Waals surface area contributed by atoms with Crippen LogP contribution >= 0.6 is 11.6 Å². The number of carbonyl (C=O) groups is 1. The van der Waals surface area contributed by atoms with Crippen LogP contribution in [0.3, 0.4) is 0 Å². The van der Waals surface area contributed by atoms with Crippen molar-refractivity contribution in [2.24, 2.45) is 0 Å². The van der Waals surface area contributed by atoms with Crippen LogP contribution in [0.4, 0.5) is 24.5 Å². The number of nitro groups is 1. The summed E-state index contributed by atoms with van der Waals surface area (Å²) < 4.78 is 48.4. The third-order valence-electron chi connectivity index (χ3n) is 4.25. The summed E-state index contributed by atoms with van der Waals surface area (Å²) in [5.41, 5.74) is -0.901. The first-order valence-corrected chi connectivity index (χ1v) is 9.63. The SMILES string of the molecule is COC(=O)CCCCCNc1cc(Oc2ccc(C(F)(F)F)cc2Cl)ccc1[N+](=O)[O-]. The maximum absolute atomic E-state index is 12.8. The van der Waals surface area contributed by atoms with Crippen molar-refractivity contribution in [1.29, 1.82) is 0 Å². The van der Waals surface area contributed by atoms with Gasteiger partial charge in [-0.05, 0) is 37.1 Å². The number of nitrogens with one attached hydrogen (secondary N) is 1. The summed E-state index contributed by atoms with van der Waals surface area (Å²) in [7, 11) is 1.32. The molecule has 0 saturated carbocycles. The van der Waals surface area contributed by atoms with Gasteiger partial charge < -0.3 is 14.8 Å². The summed E-state index contributed by atoms with van der Waals surface area (Å²) in [6, 6.07) is 6.60. The van der Waals surface area contributed by atoms with Crippen LogP contribution in [-0.2, 0) is 15.7 Å². The van der Waals surface area contributed by atoms with E-state index in [1.807, 2.05) is 0 Å². The summed E-state index contributed by atoms with van der Waals surface area (Å²) in [4.78, 5) is 21.8. The van der Waals surface area contributed by atoms with Gasteiger partial charge in [-0.25, -0.2) is 0 Å². The number of nitrogens with zero attached hydrogens (tertiary/aromatic N) is 1. The molecule has 0 fully saturated rings. The number of ether oxygens (including phenoxy) is 2. The molecule has 168 valence electrons. The number of esters is 1. The number of carbonyl (C=O) groups excluding carboxylic acids is 1. The molecule has 2 aromatic carbocycles. The molecule has 0 aliphatic rings. The molecule has 7 nitrogen and oxygen atoms in total. The van der Waals surface area contributed by atoms with Crippen LogP contribution in [0.2, 0.25) is 5.02 Å². The number of halogens is 4. The molecule has 2 rings (SSSR count). The highest BCUT2D eigenvalue weighted by molar-refractivity contribution is 6.32. The van der Waals surface area contributed by atoms with Crippen molar-refractivity contribution in [2.45, 2.75) is 31.9 Å². The standard InChI is InChI=1S/C20H20ClF3N2O5/c1-30-19(27)5-3-2-4-10-25-16-12-14(7-8-17(16)26(28)29)31-18-9-6-13(11-15(18)21)20(22,23)24/h6-9,11-12,25H,2-5,10H2,1H3. The number of rotatable bonds is 10. The highest BCUT2D eigenvalue weighted by Crippen LogP contribution is 2.38. The first-order valence-electron chi connectivity index (χ1n) is 9.25. The molecule has 0 aliphatic heterocycles. The lowest BCUT2D eigenvalue weighted by atomic mass is 10.2. The molecular formula is C20H20ClF3N2O5. The highest BCUT2D eigenvalue weighted by Gasteiger charge is 2.31. The molecule has 0 spiro atoms. The lowest BCUT2D eigenvalue weighted by molar-refractivity contribution is -0.384. The van der Waals surface area contributed by atoms with Crippen molar-refractivity contribution in [3.8, 4) is 11.5 Å². The first kappa shape index (κ1) is 24.3. The van der Waals surface area contributed by atoms with Gasteiger partial charge in [0, 0.05) is 25.1 Å². The van der Waals surface area contributed by atoms with E-state index in [4.69, 9.17) is 16.3 Å². The van der Waals surface area contributed by atoms with Crippen molar-refractivity contribution < 1.29 is 32.4 Å². The summed E-state index contributed by atoms with van der Waals surface area (Å²) in [5, 5.41) is 14.0. The average molecular weight is 461 g/mol. The van der Waals surface area contributed by atoms with Crippen molar-refractivity contribution in [3.63, 3.8) is 0 Å². The Balaban J connectivity index is 2.06. The van der Waals surface area contributed by atoms with Gasteiger partial charge in [0.15, 0.2) is 0 Å². The Bertz CT molecular complexity index is 938. The number of hydrogen-bond donors (Lipinski definition) is 1. The Labute approximate surface area is 181 Å². The molecule has 0 aromatic heterocycles. The lowest BCUT2D eigenvalue weighted by Gasteiger charge is -2.13. The second-order valence-corrected chi connectivity index (χ2v) is 6.90. The summed E-state index contributed by atoms with van der Waals surface area (Å²) >= 11 is 5.89. The summed E-state index contributed by atoms with van der Waals surface area (Å²) in [6.45, 7) is 0.409. The van der Waals surface area contributed by atoms with Crippen molar-refractivity contribution >= 4 is 28.9 Å². The van der Waals surface area contributed by atoms with E-state index in [0.717, 1.165) is 18.2 Å². The molecule has 0 aliphatic carbocycles. The number of unbranched alkanes of at least 4 members (excludes halogenated alkanes) is 2. The van der Waals surface area contributed by atoms with Gasteiger partial charge in [0.1, 0.15) is 17.2 Å². The van der Waals surface area contributed by atoms with Crippen molar-refractivity contribution in [2.75, 3.05) is 19.0 Å². The monoisotopic (exact) mass is 460 g/mol. The van der Waals surface area contributed by atoms with Crippen LogP contribution < -0.4 is 10.1 Å². The zero-order valence-corrected chi connectivity index (χ0v) is 17.3. The Hall–Kier alpha value is -3.01. The van der Waals surface area contributed by atoms with Crippen molar-refractivity contribution in [1.82, 2.24) is 0 Å². The van der Waals surface area contributed by atoms with E-state index in [1.54, 1.807) is 0 Å². The van der Waals surface area contributed by atoms with Gasteiger partial charge in [-0.2, -0.15) is 13.2 Å². The predicted molar refractivity (Wildman–Crippen MR) is 109 cm³/mol. The fourth-order valence-electron chi connectivity index (χ4n) is 2.66.